The summed E-state index contributed by atoms with van der Waals surface area (Å²) in [6, 6.07) is 1.45. The van der Waals surface area contributed by atoms with Crippen LogP contribution in [0.2, 0.25) is 0 Å². The first-order valence-corrected chi connectivity index (χ1v) is 8.00. The van der Waals surface area contributed by atoms with E-state index in [1.165, 1.54) is 0 Å². The van der Waals surface area contributed by atoms with Crippen LogP contribution >= 0.6 is 0 Å². The van der Waals surface area contributed by atoms with E-state index in [9.17, 15) is 4.79 Å². The first-order chi connectivity index (χ1) is 11.1. The summed E-state index contributed by atoms with van der Waals surface area (Å²) in [6.07, 6.45) is 5.11. The third-order valence-electron chi connectivity index (χ3n) is 4.12. The molecular weight excluding hydrogens is 296 g/mol. The van der Waals surface area contributed by atoms with Crippen LogP contribution in [0.5, 0.6) is 0 Å². The van der Waals surface area contributed by atoms with Crippen LogP contribution in [0.4, 0.5) is 0 Å². The van der Waals surface area contributed by atoms with E-state index >= 15 is 0 Å². The van der Waals surface area contributed by atoms with Gasteiger partial charge in [0.2, 0.25) is 5.89 Å². The van der Waals surface area contributed by atoms with Gasteiger partial charge in [-0.25, -0.2) is 0 Å². The van der Waals surface area contributed by atoms with Crippen LogP contribution in [0, 0.1) is 5.92 Å². The van der Waals surface area contributed by atoms with E-state index in [4.69, 9.17) is 9.26 Å². The summed E-state index contributed by atoms with van der Waals surface area (Å²) in [4.78, 5) is 19.8. The Labute approximate surface area is 134 Å². The number of nitrogens with zero attached hydrogens (tertiary/aromatic N) is 2. The van der Waals surface area contributed by atoms with Gasteiger partial charge in [0.05, 0.1) is 5.56 Å². The maximum Gasteiger partial charge on any atom is 0.253 e. The average Bonchev–Trinajstić information content (AvgIpc) is 3.24. The van der Waals surface area contributed by atoms with Crippen molar-refractivity contribution in [2.24, 2.45) is 5.92 Å². The van der Waals surface area contributed by atoms with Crippen LogP contribution in [0.25, 0.3) is 0 Å². The summed E-state index contributed by atoms with van der Waals surface area (Å²) in [7, 11) is 0. The van der Waals surface area contributed by atoms with Crippen LogP contribution in [-0.2, 0) is 4.74 Å². The normalized spacial score (nSPS) is 17.3. The lowest BCUT2D eigenvalue weighted by atomic mass is 9.91. The lowest BCUT2D eigenvalue weighted by Crippen LogP contribution is -2.36. The minimum Gasteiger partial charge on any atom is -0.381 e. The largest absolute Gasteiger partial charge is 0.381 e. The van der Waals surface area contributed by atoms with Crippen molar-refractivity contribution >= 4 is 5.91 Å². The maximum absolute atomic E-state index is 12.4. The molecule has 0 saturated carbocycles. The zero-order valence-electron chi connectivity index (χ0n) is 13.4. The van der Waals surface area contributed by atoms with Crippen LogP contribution < -0.4 is 5.32 Å². The Bertz CT molecular complexity index is 630. The number of carbonyl (C=O) groups is 1. The molecule has 124 valence electrons. The Morgan fingerprint density at radius 3 is 2.78 bits per heavy atom. The first-order valence-electron chi connectivity index (χ1n) is 8.00. The van der Waals surface area contributed by atoms with E-state index in [0.717, 1.165) is 12.8 Å². The van der Waals surface area contributed by atoms with Gasteiger partial charge in [0.1, 0.15) is 6.04 Å². The molecule has 3 heterocycles. The Hall–Kier alpha value is -2.15. The van der Waals surface area contributed by atoms with Gasteiger partial charge in [0.15, 0.2) is 5.82 Å². The molecule has 1 atom stereocenters. The molecule has 1 fully saturated rings. The van der Waals surface area contributed by atoms with Crippen LogP contribution in [0.15, 0.2) is 23.0 Å². The third kappa shape index (κ3) is 3.61. The van der Waals surface area contributed by atoms with Crippen LogP contribution in [0.3, 0.4) is 0 Å². The zero-order valence-corrected chi connectivity index (χ0v) is 13.4. The predicted octanol–water partition coefficient (Wildman–Crippen LogP) is 2.42. The van der Waals surface area contributed by atoms with Gasteiger partial charge in [-0.2, -0.15) is 4.98 Å². The molecule has 0 unspecified atom stereocenters. The fourth-order valence-corrected chi connectivity index (χ4v) is 2.73. The molecule has 3 rings (SSSR count). The Balaban J connectivity index is 1.81. The van der Waals surface area contributed by atoms with Crippen molar-refractivity contribution in [2.45, 2.75) is 38.6 Å². The van der Waals surface area contributed by atoms with Crippen molar-refractivity contribution in [2.75, 3.05) is 13.2 Å². The summed E-state index contributed by atoms with van der Waals surface area (Å²) in [5, 5.41) is 7.07. The quantitative estimate of drug-likeness (QED) is 0.883. The van der Waals surface area contributed by atoms with Crippen molar-refractivity contribution in [3.05, 3.63) is 35.7 Å². The summed E-state index contributed by atoms with van der Waals surface area (Å²) < 4.78 is 10.9. The molecule has 0 aliphatic carbocycles. The summed E-state index contributed by atoms with van der Waals surface area (Å²) in [5.41, 5.74) is 0.589. The Morgan fingerprint density at radius 1 is 1.39 bits per heavy atom. The van der Waals surface area contributed by atoms with E-state index in [2.05, 4.69) is 20.4 Å². The van der Waals surface area contributed by atoms with Gasteiger partial charge in [-0.05, 0) is 24.8 Å². The molecule has 2 aromatic rings. The number of amides is 1. The minimum atomic E-state index is -0.290. The summed E-state index contributed by atoms with van der Waals surface area (Å²) in [6.45, 7) is 5.39. The van der Waals surface area contributed by atoms with Crippen LogP contribution in [-0.4, -0.2) is 34.2 Å². The zero-order chi connectivity index (χ0) is 16.2. The molecule has 0 spiro atoms. The molecule has 7 heteroatoms. The van der Waals surface area contributed by atoms with Gasteiger partial charge >= 0.3 is 0 Å². The number of H-pyrrole nitrogens is 1. The smallest absolute Gasteiger partial charge is 0.253 e. The highest BCUT2D eigenvalue weighted by atomic mass is 16.5. The number of ether oxygens (including phenoxy) is 1. The lowest BCUT2D eigenvalue weighted by molar-refractivity contribution is 0.0468. The lowest BCUT2D eigenvalue weighted by Gasteiger charge is -2.28. The number of hydrogen-bond acceptors (Lipinski definition) is 5. The van der Waals surface area contributed by atoms with E-state index in [0.29, 0.717) is 30.5 Å². The molecule has 1 aliphatic heterocycles. The van der Waals surface area contributed by atoms with E-state index < -0.39 is 0 Å². The van der Waals surface area contributed by atoms with E-state index in [-0.39, 0.29) is 23.8 Å². The number of nitrogens with one attached hydrogen (secondary N) is 2. The number of rotatable bonds is 5. The van der Waals surface area contributed by atoms with Gasteiger partial charge in [-0.3, -0.25) is 4.79 Å². The maximum atomic E-state index is 12.4. The standard InChI is InChI=1S/C16H22N4O3/c1-10(2)14-19-16(23-20-14)13(11-4-7-22-8-5-11)18-15(21)12-3-6-17-9-12/h3,6,9-11,13,17H,4-5,7-8H2,1-2H3,(H,18,21)/t13-/m0/s1. The van der Waals surface area contributed by atoms with Crippen molar-refractivity contribution in [3.8, 4) is 0 Å². The molecule has 1 saturated heterocycles. The molecular formula is C16H22N4O3. The second-order valence-corrected chi connectivity index (χ2v) is 6.15. The van der Waals surface area contributed by atoms with Gasteiger partial charge < -0.3 is 19.6 Å². The van der Waals surface area contributed by atoms with Crippen molar-refractivity contribution in [3.63, 3.8) is 0 Å². The predicted molar refractivity (Wildman–Crippen MR) is 82.9 cm³/mol. The number of hydrogen-bond donors (Lipinski definition) is 2. The molecule has 2 aromatic heterocycles. The summed E-state index contributed by atoms with van der Waals surface area (Å²) >= 11 is 0. The highest BCUT2D eigenvalue weighted by Gasteiger charge is 2.32. The first kappa shape index (κ1) is 15.7. The number of aromatic amines is 1. The second-order valence-electron chi connectivity index (χ2n) is 6.15. The molecule has 23 heavy (non-hydrogen) atoms. The van der Waals surface area contributed by atoms with Crippen LogP contribution in [0.1, 0.15) is 60.7 Å². The van der Waals surface area contributed by atoms with Crippen molar-refractivity contribution < 1.29 is 14.1 Å². The molecule has 0 bridgehead atoms. The average molecular weight is 318 g/mol. The van der Waals surface area contributed by atoms with Crippen molar-refractivity contribution in [1.29, 1.82) is 0 Å². The summed E-state index contributed by atoms with van der Waals surface area (Å²) in [5.74, 6) is 1.40. The molecule has 7 nitrogen and oxygen atoms in total. The molecule has 1 amide bonds. The fraction of sp³-hybridized carbons (Fsp3) is 0.562. The molecule has 0 aromatic carbocycles. The fourth-order valence-electron chi connectivity index (χ4n) is 2.73. The van der Waals surface area contributed by atoms with Gasteiger partial charge in [0.25, 0.3) is 5.91 Å². The monoisotopic (exact) mass is 318 g/mol. The Morgan fingerprint density at radius 2 is 2.17 bits per heavy atom. The minimum absolute atomic E-state index is 0.146. The van der Waals surface area contributed by atoms with Crippen molar-refractivity contribution in [1.82, 2.24) is 20.4 Å². The molecule has 0 radical (unpaired) electrons. The SMILES string of the molecule is CC(C)c1noc([C@@H](NC(=O)c2cc[nH]c2)C2CCOCC2)n1. The van der Waals surface area contributed by atoms with E-state index in [1.54, 1.807) is 18.5 Å². The highest BCUT2D eigenvalue weighted by Crippen LogP contribution is 2.30. The van der Waals surface area contributed by atoms with Gasteiger partial charge in [0, 0.05) is 31.5 Å². The van der Waals surface area contributed by atoms with Gasteiger partial charge in [-0.15, -0.1) is 0 Å². The van der Waals surface area contributed by atoms with Gasteiger partial charge in [-0.1, -0.05) is 19.0 Å². The molecule has 1 aliphatic rings. The third-order valence-corrected chi connectivity index (χ3v) is 4.12. The Kier molecular flexibility index (Phi) is 4.76. The molecule has 2 N–H and O–H groups in total. The highest BCUT2D eigenvalue weighted by molar-refractivity contribution is 5.94. The topological polar surface area (TPSA) is 93.0 Å². The van der Waals surface area contributed by atoms with E-state index in [1.807, 2.05) is 13.8 Å². The number of aromatic nitrogens is 3. The number of carbonyl (C=O) groups excluding carboxylic acids is 1. The second kappa shape index (κ2) is 6.95.